The van der Waals surface area contributed by atoms with Crippen LogP contribution in [0, 0.1) is 31.6 Å². The monoisotopic (exact) mass is 443 g/mol. The molecule has 0 spiro atoms. The Morgan fingerprint density at radius 1 is 1.07 bits per heavy atom. The average Bonchev–Trinajstić information content (AvgIpc) is 3.31. The molecule has 0 amide bonds. The first-order valence-corrected chi connectivity index (χ1v) is 13.2. The van der Waals surface area contributed by atoms with E-state index in [4.69, 9.17) is 0 Å². The van der Waals surface area contributed by atoms with Gasteiger partial charge in [-0.25, -0.2) is 0 Å². The van der Waals surface area contributed by atoms with Gasteiger partial charge < -0.3 is 5.32 Å². The van der Waals surface area contributed by atoms with Crippen LogP contribution in [-0.2, 0) is 13.0 Å². The smallest absolute Gasteiger partial charge is 0.0536 e. The lowest BCUT2D eigenvalue weighted by Gasteiger charge is -2.24. The van der Waals surface area contributed by atoms with Gasteiger partial charge in [0, 0.05) is 16.3 Å². The third-order valence-corrected chi connectivity index (χ3v) is 8.49. The summed E-state index contributed by atoms with van der Waals surface area (Å²) in [7, 11) is 0. The molecular weight excluding hydrogens is 402 g/mol. The van der Waals surface area contributed by atoms with Crippen molar-refractivity contribution in [2.45, 2.75) is 81.2 Å². The molecule has 166 valence electrons. The van der Waals surface area contributed by atoms with Crippen LogP contribution >= 0.6 is 22.7 Å². The van der Waals surface area contributed by atoms with Gasteiger partial charge in [0.15, 0.2) is 0 Å². The lowest BCUT2D eigenvalue weighted by molar-refractivity contribution is 0.287. The van der Waals surface area contributed by atoms with Gasteiger partial charge in [-0.2, -0.15) is 0 Å². The predicted molar refractivity (Wildman–Crippen MR) is 138 cm³/mol. The van der Waals surface area contributed by atoms with Gasteiger partial charge in [0.25, 0.3) is 0 Å². The fourth-order valence-corrected chi connectivity index (χ4v) is 6.13. The molecule has 0 bridgehead atoms. The summed E-state index contributed by atoms with van der Waals surface area (Å²) in [5.74, 6) is 2.15. The van der Waals surface area contributed by atoms with Crippen molar-refractivity contribution in [3.63, 3.8) is 0 Å². The molecule has 2 heterocycles. The standard InChI is InChI=1S/C27H41NS2/c1-9-12-22(10-2)15-25(28-17-23-13-11-14-29-23)27-21(8)20(7)26(30-27)16-24(18(3)4)19(5)6/h11-15,18-19,24,28H,9-10,16-17H2,1-8H3/b22-12+,25-15+. The lowest BCUT2D eigenvalue weighted by atomic mass is 9.82. The molecule has 0 unspecified atom stereocenters. The van der Waals surface area contributed by atoms with Crippen LogP contribution < -0.4 is 5.32 Å². The molecule has 30 heavy (non-hydrogen) atoms. The van der Waals surface area contributed by atoms with E-state index in [2.05, 4.69) is 90.4 Å². The van der Waals surface area contributed by atoms with Crippen LogP contribution in [0.2, 0.25) is 0 Å². The van der Waals surface area contributed by atoms with E-state index < -0.39 is 0 Å². The van der Waals surface area contributed by atoms with Gasteiger partial charge in [-0.15, -0.1) is 22.7 Å². The van der Waals surface area contributed by atoms with E-state index in [0.29, 0.717) is 11.8 Å². The minimum Gasteiger partial charge on any atom is -0.379 e. The van der Waals surface area contributed by atoms with Crippen molar-refractivity contribution in [1.82, 2.24) is 5.32 Å². The summed E-state index contributed by atoms with van der Waals surface area (Å²) in [6.07, 6.45) is 8.09. The summed E-state index contributed by atoms with van der Waals surface area (Å²) in [5.41, 5.74) is 5.63. The normalized spacial score (nSPS) is 13.2. The summed E-state index contributed by atoms with van der Waals surface area (Å²) < 4.78 is 0. The Labute approximate surface area is 193 Å². The van der Waals surface area contributed by atoms with E-state index in [0.717, 1.165) is 25.3 Å². The highest BCUT2D eigenvalue weighted by molar-refractivity contribution is 7.13. The molecule has 0 aromatic carbocycles. The quantitative estimate of drug-likeness (QED) is 0.342. The highest BCUT2D eigenvalue weighted by atomic mass is 32.1. The molecule has 0 saturated carbocycles. The van der Waals surface area contributed by atoms with Crippen LogP contribution in [0.25, 0.3) is 5.70 Å². The van der Waals surface area contributed by atoms with Gasteiger partial charge in [-0.3, -0.25) is 0 Å². The number of thiophene rings is 2. The Morgan fingerprint density at radius 2 is 1.77 bits per heavy atom. The maximum atomic E-state index is 3.78. The summed E-state index contributed by atoms with van der Waals surface area (Å²) in [6.45, 7) is 19.5. The molecule has 1 N–H and O–H groups in total. The molecule has 0 fully saturated rings. The first kappa shape index (κ1) is 24.9. The van der Waals surface area contributed by atoms with Gasteiger partial charge in [-0.05, 0) is 79.5 Å². The van der Waals surface area contributed by atoms with E-state index in [9.17, 15) is 0 Å². The highest BCUT2D eigenvalue weighted by Gasteiger charge is 2.22. The average molecular weight is 444 g/mol. The topological polar surface area (TPSA) is 12.0 Å². The zero-order valence-corrected chi connectivity index (χ0v) is 21.9. The molecule has 2 aromatic heterocycles. The first-order valence-electron chi connectivity index (χ1n) is 11.5. The number of hydrogen-bond acceptors (Lipinski definition) is 3. The van der Waals surface area contributed by atoms with Gasteiger partial charge in [0.1, 0.15) is 0 Å². The van der Waals surface area contributed by atoms with Gasteiger partial charge in [-0.1, -0.05) is 59.3 Å². The van der Waals surface area contributed by atoms with Crippen molar-refractivity contribution in [2.24, 2.45) is 17.8 Å². The number of nitrogens with one attached hydrogen (secondary N) is 1. The minimum atomic E-state index is 0.710. The molecule has 0 aliphatic carbocycles. The SMILES string of the molecule is CC/C=C(/C=C(/NCc1cccs1)c1sc(CC(C(C)C)C(C)C)c(C)c1C)CC. The second-order valence-corrected chi connectivity index (χ2v) is 11.1. The Balaban J connectivity index is 2.41. The maximum Gasteiger partial charge on any atom is 0.0536 e. The van der Waals surface area contributed by atoms with Gasteiger partial charge in [0.05, 0.1) is 10.6 Å². The summed E-state index contributed by atoms with van der Waals surface area (Å²) in [4.78, 5) is 4.36. The number of hydrogen-bond donors (Lipinski definition) is 1. The van der Waals surface area contributed by atoms with Crippen molar-refractivity contribution in [1.29, 1.82) is 0 Å². The van der Waals surface area contributed by atoms with Crippen LogP contribution in [0.3, 0.4) is 0 Å². The molecule has 1 nitrogen and oxygen atoms in total. The largest absolute Gasteiger partial charge is 0.379 e. The molecule has 0 atom stereocenters. The van der Waals surface area contributed by atoms with Crippen LogP contribution in [0.4, 0.5) is 0 Å². The Morgan fingerprint density at radius 3 is 2.30 bits per heavy atom. The zero-order chi connectivity index (χ0) is 22.3. The Hall–Kier alpha value is -1.32. The molecule has 0 saturated heterocycles. The summed E-state index contributed by atoms with van der Waals surface area (Å²) in [6, 6.07) is 4.35. The fraction of sp³-hybridized carbons (Fsp3) is 0.556. The van der Waals surface area contributed by atoms with Crippen LogP contribution in [0.15, 0.2) is 35.2 Å². The molecule has 0 radical (unpaired) electrons. The van der Waals surface area contributed by atoms with Crippen molar-refractivity contribution in [2.75, 3.05) is 0 Å². The van der Waals surface area contributed by atoms with E-state index in [-0.39, 0.29) is 0 Å². The molecule has 0 aliphatic heterocycles. The molecule has 2 aromatic rings. The van der Waals surface area contributed by atoms with Crippen molar-refractivity contribution < 1.29 is 0 Å². The molecule has 2 rings (SSSR count). The summed E-state index contributed by atoms with van der Waals surface area (Å²) >= 11 is 3.83. The molecule has 0 aliphatic rings. The lowest BCUT2D eigenvalue weighted by Crippen LogP contribution is -2.18. The fourth-order valence-electron chi connectivity index (χ4n) is 4.11. The van der Waals surface area contributed by atoms with Crippen LogP contribution in [0.5, 0.6) is 0 Å². The number of allylic oxidation sites excluding steroid dienone is 3. The van der Waals surface area contributed by atoms with E-state index in [1.54, 1.807) is 4.88 Å². The van der Waals surface area contributed by atoms with Crippen LogP contribution in [0.1, 0.15) is 80.1 Å². The van der Waals surface area contributed by atoms with Crippen molar-refractivity contribution >= 4 is 28.4 Å². The molecule has 3 heteroatoms. The molecular formula is C27H41NS2. The Kier molecular flexibility index (Phi) is 9.90. The third kappa shape index (κ3) is 6.59. The highest BCUT2D eigenvalue weighted by Crippen LogP contribution is 2.36. The van der Waals surface area contributed by atoms with Gasteiger partial charge >= 0.3 is 0 Å². The zero-order valence-electron chi connectivity index (χ0n) is 20.3. The Bertz CT molecular complexity index is 827. The second kappa shape index (κ2) is 11.9. The van der Waals surface area contributed by atoms with E-state index >= 15 is 0 Å². The van der Waals surface area contributed by atoms with Gasteiger partial charge in [0.2, 0.25) is 0 Å². The van der Waals surface area contributed by atoms with Crippen molar-refractivity contribution in [3.8, 4) is 0 Å². The third-order valence-electron chi connectivity index (χ3n) is 6.16. The first-order chi connectivity index (χ1) is 14.3. The van der Waals surface area contributed by atoms with E-state index in [1.165, 1.54) is 38.6 Å². The summed E-state index contributed by atoms with van der Waals surface area (Å²) in [5, 5.41) is 5.94. The number of rotatable bonds is 11. The van der Waals surface area contributed by atoms with E-state index in [1.807, 2.05) is 22.7 Å². The van der Waals surface area contributed by atoms with Crippen LogP contribution in [-0.4, -0.2) is 0 Å². The predicted octanol–water partition coefficient (Wildman–Crippen LogP) is 8.77. The maximum absolute atomic E-state index is 3.78. The van der Waals surface area contributed by atoms with Crippen molar-refractivity contribution in [3.05, 3.63) is 61.0 Å². The minimum absolute atomic E-state index is 0.710. The second-order valence-electron chi connectivity index (χ2n) is 8.99.